The minimum absolute atomic E-state index is 0.00474. The summed E-state index contributed by atoms with van der Waals surface area (Å²) in [5.41, 5.74) is 0. The largest absolute Gasteiger partial charge is 0.472 e. The van der Waals surface area contributed by atoms with Gasteiger partial charge in [0.1, 0.15) is 43.2 Å². The third-order valence-electron chi connectivity index (χ3n) is 10.3. The maximum atomic E-state index is 13.0. The summed E-state index contributed by atoms with van der Waals surface area (Å²) in [5, 5.41) is 51.4. The molecule has 1 rings (SSSR count). The van der Waals surface area contributed by atoms with Crippen molar-refractivity contribution in [2.75, 3.05) is 13.2 Å². The summed E-state index contributed by atoms with van der Waals surface area (Å²) in [6, 6.07) is 0. The number of hydrogen-bond acceptors (Lipinski definition) is 14. The second kappa shape index (κ2) is 37.3. The van der Waals surface area contributed by atoms with Crippen molar-refractivity contribution in [3.63, 3.8) is 0 Å². The maximum absolute atomic E-state index is 13.0. The van der Waals surface area contributed by atoms with Gasteiger partial charge in [-0.25, -0.2) is 9.13 Å². The average molecular weight is 979 g/mol. The molecule has 0 aliphatic heterocycles. The molecule has 0 aromatic rings. The summed E-state index contributed by atoms with van der Waals surface area (Å²) >= 11 is 0. The molecule has 380 valence electrons. The first-order valence-electron chi connectivity index (χ1n) is 23.6. The van der Waals surface area contributed by atoms with E-state index in [1.807, 2.05) is 18.2 Å². The number of aliphatic hydroxyl groups is 5. The molecule has 0 amide bonds. The third kappa shape index (κ3) is 31.4. The van der Waals surface area contributed by atoms with E-state index in [4.69, 9.17) is 28.3 Å². The van der Waals surface area contributed by atoms with Gasteiger partial charge in [0.05, 0.1) is 12.7 Å². The Balaban J connectivity index is 2.69. The highest BCUT2D eigenvalue weighted by atomic mass is 31.2. The van der Waals surface area contributed by atoms with Crippen molar-refractivity contribution in [3.05, 3.63) is 72.9 Å². The van der Waals surface area contributed by atoms with Crippen LogP contribution in [0, 0.1) is 0 Å². The van der Waals surface area contributed by atoms with Crippen LogP contribution in [0.2, 0.25) is 0 Å². The Morgan fingerprint density at radius 3 is 1.67 bits per heavy atom. The summed E-state index contributed by atoms with van der Waals surface area (Å²) < 4.78 is 49.2. The fraction of sp³-hybridized carbons (Fsp3) is 0.702. The number of phosphoric ester groups is 2. The average Bonchev–Trinajstić information content (AvgIpc) is 3.27. The lowest BCUT2D eigenvalue weighted by molar-refractivity contribution is -0.216. The molecule has 66 heavy (non-hydrogen) atoms. The fourth-order valence-electron chi connectivity index (χ4n) is 6.60. The molecule has 17 nitrogen and oxygen atoms in total. The quantitative estimate of drug-likeness (QED) is 0.00963. The summed E-state index contributed by atoms with van der Waals surface area (Å²) in [4.78, 5) is 54.2. The van der Waals surface area contributed by atoms with Crippen LogP contribution in [0.1, 0.15) is 149 Å². The lowest BCUT2D eigenvalue weighted by Crippen LogP contribution is -2.64. The number of hydrogen-bond donors (Lipinski definition) is 8. The number of aliphatic hydroxyl groups excluding tert-OH is 5. The van der Waals surface area contributed by atoms with Crippen molar-refractivity contribution in [3.8, 4) is 0 Å². The first-order chi connectivity index (χ1) is 31.5. The molecule has 0 saturated heterocycles. The molecular formula is C47H80O17P2. The van der Waals surface area contributed by atoms with E-state index in [0.29, 0.717) is 25.7 Å². The monoisotopic (exact) mass is 978 g/mol. The SMILES string of the molecule is CCCCC/C=C\C/C=C\CCCCCCCC(=O)O[C@H](COC(=O)CCC/C=C/C=C\C(O)C/C=C\C/C=C\CCCCC)COP(=O)(O)O[C@H]1C(O)C(O)C(O)[C@@H](OP(=O)(O)O)C1O. The zero-order valence-corrected chi connectivity index (χ0v) is 40.7. The second-order valence-electron chi connectivity index (χ2n) is 16.3. The molecule has 8 N–H and O–H groups in total. The van der Waals surface area contributed by atoms with Gasteiger partial charge in [0.2, 0.25) is 0 Å². The highest BCUT2D eigenvalue weighted by Crippen LogP contribution is 2.49. The van der Waals surface area contributed by atoms with Crippen LogP contribution in [-0.4, -0.2) is 114 Å². The number of carbonyl (C=O) groups is 2. The predicted octanol–water partition coefficient (Wildman–Crippen LogP) is 7.81. The number of ether oxygens (including phenoxy) is 2. The van der Waals surface area contributed by atoms with Crippen molar-refractivity contribution in [1.82, 2.24) is 0 Å². The van der Waals surface area contributed by atoms with Crippen molar-refractivity contribution >= 4 is 27.6 Å². The molecule has 0 heterocycles. The van der Waals surface area contributed by atoms with Gasteiger partial charge in [-0.05, 0) is 77.0 Å². The molecule has 1 aliphatic carbocycles. The minimum Gasteiger partial charge on any atom is -0.462 e. The first-order valence-corrected chi connectivity index (χ1v) is 26.6. The zero-order chi connectivity index (χ0) is 49.1. The number of esters is 2. The molecular weight excluding hydrogens is 898 g/mol. The van der Waals surface area contributed by atoms with Gasteiger partial charge in [-0.1, -0.05) is 132 Å². The highest BCUT2D eigenvalue weighted by Gasteiger charge is 2.54. The fourth-order valence-corrected chi connectivity index (χ4v) is 8.14. The van der Waals surface area contributed by atoms with Crippen molar-refractivity contribution in [1.29, 1.82) is 0 Å². The summed E-state index contributed by atoms with van der Waals surface area (Å²) in [6.07, 6.45) is 26.0. The predicted molar refractivity (Wildman–Crippen MR) is 252 cm³/mol. The Morgan fingerprint density at radius 2 is 1.08 bits per heavy atom. The Bertz CT molecular complexity index is 1570. The van der Waals surface area contributed by atoms with Gasteiger partial charge < -0.3 is 49.7 Å². The summed E-state index contributed by atoms with van der Waals surface area (Å²) in [5.74, 6) is -1.36. The van der Waals surface area contributed by atoms with E-state index in [1.54, 1.807) is 18.2 Å². The van der Waals surface area contributed by atoms with E-state index in [-0.39, 0.29) is 12.8 Å². The van der Waals surface area contributed by atoms with Gasteiger partial charge in [-0.15, -0.1) is 0 Å². The van der Waals surface area contributed by atoms with Gasteiger partial charge in [-0.2, -0.15) is 0 Å². The number of unbranched alkanes of at least 4 members (excludes halogenated alkanes) is 12. The molecule has 1 saturated carbocycles. The minimum atomic E-state index is -5.38. The van der Waals surface area contributed by atoms with Crippen LogP contribution in [0.4, 0.5) is 0 Å². The lowest BCUT2D eigenvalue weighted by atomic mass is 9.85. The van der Waals surface area contributed by atoms with Crippen LogP contribution >= 0.6 is 15.6 Å². The lowest BCUT2D eigenvalue weighted by Gasteiger charge is -2.43. The van der Waals surface area contributed by atoms with Gasteiger partial charge >= 0.3 is 27.6 Å². The van der Waals surface area contributed by atoms with Crippen molar-refractivity contribution < 1.29 is 82.0 Å². The molecule has 1 aliphatic rings. The van der Waals surface area contributed by atoms with Gasteiger partial charge in [0.15, 0.2) is 6.10 Å². The first kappa shape index (κ1) is 61.4. The van der Waals surface area contributed by atoms with E-state index in [1.165, 1.54) is 38.5 Å². The molecule has 9 atom stereocenters. The van der Waals surface area contributed by atoms with Crippen LogP contribution in [0.25, 0.3) is 0 Å². The second-order valence-corrected chi connectivity index (χ2v) is 18.9. The van der Waals surface area contributed by atoms with E-state index < -0.39 is 89.6 Å². The third-order valence-corrected chi connectivity index (χ3v) is 11.8. The molecule has 1 fully saturated rings. The topological polar surface area (TPSA) is 276 Å². The van der Waals surface area contributed by atoms with Crippen molar-refractivity contribution in [2.24, 2.45) is 0 Å². The number of carbonyl (C=O) groups excluding carboxylic acids is 2. The summed E-state index contributed by atoms with van der Waals surface area (Å²) in [7, 11) is -10.7. The zero-order valence-electron chi connectivity index (χ0n) is 39.0. The van der Waals surface area contributed by atoms with Crippen LogP contribution < -0.4 is 0 Å². The van der Waals surface area contributed by atoms with Crippen molar-refractivity contribution in [2.45, 2.75) is 198 Å². The van der Waals surface area contributed by atoms with E-state index in [9.17, 15) is 49.1 Å². The van der Waals surface area contributed by atoms with Gasteiger partial charge in [0, 0.05) is 12.8 Å². The maximum Gasteiger partial charge on any atom is 0.472 e. The molecule has 0 bridgehead atoms. The van der Waals surface area contributed by atoms with E-state index in [2.05, 4.69) is 54.8 Å². The number of phosphoric acid groups is 2. The van der Waals surface area contributed by atoms with E-state index >= 15 is 0 Å². The number of allylic oxidation sites excluding steroid dienone is 10. The smallest absolute Gasteiger partial charge is 0.462 e. The molecule has 0 aromatic heterocycles. The molecule has 19 heteroatoms. The molecule has 0 aromatic carbocycles. The summed E-state index contributed by atoms with van der Waals surface area (Å²) in [6.45, 7) is 2.90. The highest BCUT2D eigenvalue weighted by molar-refractivity contribution is 7.47. The van der Waals surface area contributed by atoms with Gasteiger partial charge in [0.25, 0.3) is 0 Å². The molecule has 6 unspecified atom stereocenters. The Labute approximate surface area is 392 Å². The van der Waals surface area contributed by atoms with Crippen LogP contribution in [0.15, 0.2) is 72.9 Å². The van der Waals surface area contributed by atoms with Crippen LogP contribution in [0.3, 0.4) is 0 Å². The molecule has 0 spiro atoms. The van der Waals surface area contributed by atoms with Crippen LogP contribution in [0.5, 0.6) is 0 Å². The Kier molecular flexibility index (Phi) is 34.7. The van der Waals surface area contributed by atoms with Gasteiger partial charge in [-0.3, -0.25) is 23.2 Å². The Hall–Kier alpha value is -2.60. The molecule has 0 radical (unpaired) electrons. The van der Waals surface area contributed by atoms with Crippen LogP contribution in [-0.2, 0) is 41.8 Å². The standard InChI is InChI=1S/C47H80O17P2/c1-3-5-7-9-11-13-14-15-16-17-18-20-22-26-31-35-41(50)62-39(37-61-66(58,59)64-47-44(53)42(51)43(52)46(45(47)54)63-65(55,56)57)36-60-40(49)34-30-27-23-25-29-33-38(48)32-28-24-21-19-12-10-8-6-4-2/h11-13,15-16,19,23-25,28-29,33,38-39,42-48,51-54H,3-10,14,17-18,20-22,26-27,30-32,34-37H2,1-2H3,(H,58,59)(H2,55,56,57)/b13-11-,16-15-,19-12-,25-23+,28-24-,33-29-/t38?,39-,42?,43?,44?,45?,46-,47+/m1/s1. The normalized spacial score (nSPS) is 22.6. The number of rotatable bonds is 38. The van der Waals surface area contributed by atoms with E-state index in [0.717, 1.165) is 57.8 Å². The Morgan fingerprint density at radius 1 is 0.561 bits per heavy atom.